The van der Waals surface area contributed by atoms with Crippen LogP contribution in [0.1, 0.15) is 31.4 Å². The number of aliphatic hydroxyl groups is 1. The molecule has 16 heavy (non-hydrogen) atoms. The van der Waals surface area contributed by atoms with Crippen LogP contribution in [0.5, 0.6) is 0 Å². The number of aliphatic hydroxyl groups excluding tert-OH is 1. The first-order valence-corrected chi connectivity index (χ1v) is 8.56. The molecular formula is C10H15BrO3S2. The van der Waals surface area contributed by atoms with E-state index in [1.165, 1.54) is 11.3 Å². The Morgan fingerprint density at radius 3 is 2.75 bits per heavy atom. The van der Waals surface area contributed by atoms with Gasteiger partial charge in [0.25, 0.3) is 0 Å². The van der Waals surface area contributed by atoms with Gasteiger partial charge in [-0.2, -0.15) is 0 Å². The monoisotopic (exact) mass is 326 g/mol. The third kappa shape index (κ3) is 4.53. The van der Waals surface area contributed by atoms with Gasteiger partial charge in [0.2, 0.25) is 0 Å². The van der Waals surface area contributed by atoms with Gasteiger partial charge in [0.05, 0.1) is 15.6 Å². The fourth-order valence-corrected chi connectivity index (χ4v) is 3.42. The number of halogens is 1. The molecular weight excluding hydrogens is 312 g/mol. The maximum Gasteiger partial charge on any atom is 0.150 e. The Labute approximate surface area is 109 Å². The molecule has 0 aliphatic heterocycles. The first kappa shape index (κ1) is 14.2. The molecule has 1 N–H and O–H groups in total. The Morgan fingerprint density at radius 2 is 2.25 bits per heavy atom. The molecule has 0 spiro atoms. The molecule has 0 fully saturated rings. The van der Waals surface area contributed by atoms with Gasteiger partial charge in [-0.1, -0.05) is 6.92 Å². The number of thiophene rings is 1. The van der Waals surface area contributed by atoms with Crippen molar-refractivity contribution in [1.82, 2.24) is 0 Å². The van der Waals surface area contributed by atoms with Crippen LogP contribution in [-0.2, 0) is 9.84 Å². The van der Waals surface area contributed by atoms with Crippen LogP contribution in [0.4, 0.5) is 0 Å². The molecule has 1 atom stereocenters. The van der Waals surface area contributed by atoms with Crippen molar-refractivity contribution in [2.75, 3.05) is 11.5 Å². The smallest absolute Gasteiger partial charge is 0.150 e. The average molecular weight is 327 g/mol. The lowest BCUT2D eigenvalue weighted by Gasteiger charge is -2.08. The van der Waals surface area contributed by atoms with Crippen molar-refractivity contribution in [1.29, 1.82) is 0 Å². The van der Waals surface area contributed by atoms with Crippen molar-refractivity contribution < 1.29 is 13.5 Å². The summed E-state index contributed by atoms with van der Waals surface area (Å²) in [4.78, 5) is 0. The van der Waals surface area contributed by atoms with E-state index in [1.807, 2.05) is 11.4 Å². The Kier molecular flexibility index (Phi) is 5.43. The van der Waals surface area contributed by atoms with E-state index >= 15 is 0 Å². The summed E-state index contributed by atoms with van der Waals surface area (Å²) < 4.78 is 23.4. The lowest BCUT2D eigenvalue weighted by Crippen LogP contribution is -2.09. The molecule has 1 heterocycles. The van der Waals surface area contributed by atoms with Crippen LogP contribution in [0.15, 0.2) is 15.2 Å². The predicted molar refractivity (Wildman–Crippen MR) is 70.5 cm³/mol. The van der Waals surface area contributed by atoms with Gasteiger partial charge in [-0.15, -0.1) is 11.3 Å². The van der Waals surface area contributed by atoms with Crippen molar-refractivity contribution in [2.24, 2.45) is 0 Å². The summed E-state index contributed by atoms with van der Waals surface area (Å²) >= 11 is 4.84. The molecule has 0 aromatic carbocycles. The van der Waals surface area contributed by atoms with E-state index in [0.29, 0.717) is 12.8 Å². The van der Waals surface area contributed by atoms with Crippen LogP contribution in [0.2, 0.25) is 0 Å². The van der Waals surface area contributed by atoms with Crippen LogP contribution >= 0.6 is 27.3 Å². The molecule has 1 rings (SSSR count). The summed E-state index contributed by atoms with van der Waals surface area (Å²) in [6.45, 7) is 1.64. The Bertz CT molecular complexity index is 425. The van der Waals surface area contributed by atoms with Crippen LogP contribution in [0.25, 0.3) is 0 Å². The number of hydrogen-bond donors (Lipinski definition) is 1. The first-order chi connectivity index (χ1) is 7.44. The third-order valence-corrected chi connectivity index (χ3v) is 5.66. The summed E-state index contributed by atoms with van der Waals surface area (Å²) in [5.41, 5.74) is 0.853. The summed E-state index contributed by atoms with van der Waals surface area (Å²) in [6.07, 6.45) is 0.433. The van der Waals surface area contributed by atoms with Gasteiger partial charge in [-0.3, -0.25) is 0 Å². The molecule has 3 nitrogen and oxygen atoms in total. The molecule has 0 bridgehead atoms. The van der Waals surface area contributed by atoms with Crippen molar-refractivity contribution in [2.45, 2.75) is 25.9 Å². The highest BCUT2D eigenvalue weighted by Gasteiger charge is 2.12. The van der Waals surface area contributed by atoms with Crippen molar-refractivity contribution in [3.8, 4) is 0 Å². The van der Waals surface area contributed by atoms with E-state index in [1.54, 1.807) is 6.92 Å². The summed E-state index contributed by atoms with van der Waals surface area (Å²) in [5, 5.41) is 11.7. The molecule has 0 aliphatic rings. The lowest BCUT2D eigenvalue weighted by molar-refractivity contribution is 0.167. The second-order valence-corrected chi connectivity index (χ2v) is 8.34. The standard InChI is InChI=1S/C10H15BrO3S2/c1-2-16(13,14)5-3-4-9(12)8-6-10(11)15-7-8/h6-7,9,12H,2-5H2,1H3. The minimum absolute atomic E-state index is 0.159. The molecule has 92 valence electrons. The predicted octanol–water partition coefficient (Wildman–Crippen LogP) is 2.76. The minimum atomic E-state index is -2.91. The normalized spacial score (nSPS) is 13.9. The molecule has 0 saturated heterocycles. The Morgan fingerprint density at radius 1 is 1.56 bits per heavy atom. The largest absolute Gasteiger partial charge is 0.388 e. The van der Waals surface area contributed by atoms with E-state index in [2.05, 4.69) is 15.9 Å². The third-order valence-electron chi connectivity index (χ3n) is 2.35. The van der Waals surface area contributed by atoms with Gasteiger partial charge in [0.1, 0.15) is 9.84 Å². The Balaban J connectivity index is 2.39. The minimum Gasteiger partial charge on any atom is -0.388 e. The van der Waals surface area contributed by atoms with Gasteiger partial charge in [0.15, 0.2) is 0 Å². The molecule has 0 amide bonds. The van der Waals surface area contributed by atoms with Gasteiger partial charge in [0, 0.05) is 5.75 Å². The maximum atomic E-state index is 11.2. The summed E-state index contributed by atoms with van der Waals surface area (Å²) in [7, 11) is -2.91. The highest BCUT2D eigenvalue weighted by molar-refractivity contribution is 9.11. The zero-order valence-electron chi connectivity index (χ0n) is 9.02. The summed E-state index contributed by atoms with van der Waals surface area (Å²) in [6, 6.07) is 1.86. The fraction of sp³-hybridized carbons (Fsp3) is 0.600. The molecule has 1 aromatic rings. The fourth-order valence-electron chi connectivity index (χ4n) is 1.31. The Hall–Kier alpha value is 0.0900. The van der Waals surface area contributed by atoms with Gasteiger partial charge in [-0.05, 0) is 45.8 Å². The number of sulfone groups is 1. The van der Waals surface area contributed by atoms with Gasteiger partial charge in [-0.25, -0.2) is 8.42 Å². The van der Waals surface area contributed by atoms with E-state index < -0.39 is 15.9 Å². The number of rotatable bonds is 6. The van der Waals surface area contributed by atoms with Crippen LogP contribution in [0.3, 0.4) is 0 Å². The molecule has 6 heteroatoms. The van der Waals surface area contributed by atoms with E-state index in [-0.39, 0.29) is 11.5 Å². The molecule has 1 aromatic heterocycles. The van der Waals surface area contributed by atoms with Crippen LogP contribution in [0, 0.1) is 0 Å². The number of hydrogen-bond acceptors (Lipinski definition) is 4. The van der Waals surface area contributed by atoms with E-state index in [9.17, 15) is 13.5 Å². The van der Waals surface area contributed by atoms with Crippen LogP contribution in [-0.4, -0.2) is 25.0 Å². The topological polar surface area (TPSA) is 54.4 Å². The summed E-state index contributed by atoms with van der Waals surface area (Å²) in [5.74, 6) is 0.332. The van der Waals surface area contributed by atoms with Crippen molar-refractivity contribution in [3.05, 3.63) is 20.8 Å². The molecule has 0 radical (unpaired) electrons. The zero-order valence-corrected chi connectivity index (χ0v) is 12.2. The molecule has 0 aliphatic carbocycles. The van der Waals surface area contributed by atoms with Gasteiger partial charge >= 0.3 is 0 Å². The van der Waals surface area contributed by atoms with Crippen molar-refractivity contribution >= 4 is 37.1 Å². The SMILES string of the molecule is CCS(=O)(=O)CCCC(O)c1csc(Br)c1. The molecule has 1 unspecified atom stereocenters. The quantitative estimate of drug-likeness (QED) is 0.874. The second-order valence-electron chi connectivity index (χ2n) is 3.58. The van der Waals surface area contributed by atoms with E-state index in [0.717, 1.165) is 9.35 Å². The lowest BCUT2D eigenvalue weighted by atomic mass is 10.1. The first-order valence-electron chi connectivity index (χ1n) is 5.07. The highest BCUT2D eigenvalue weighted by Crippen LogP contribution is 2.27. The zero-order chi connectivity index (χ0) is 12.2. The molecule has 0 saturated carbocycles. The average Bonchev–Trinajstić information content (AvgIpc) is 2.64. The van der Waals surface area contributed by atoms with Gasteiger partial charge < -0.3 is 5.11 Å². The highest BCUT2D eigenvalue weighted by atomic mass is 79.9. The van der Waals surface area contributed by atoms with Crippen molar-refractivity contribution in [3.63, 3.8) is 0 Å². The second kappa shape index (κ2) is 6.14. The van der Waals surface area contributed by atoms with Crippen LogP contribution < -0.4 is 0 Å². The van der Waals surface area contributed by atoms with E-state index in [4.69, 9.17) is 0 Å². The maximum absolute atomic E-state index is 11.2.